The molecule has 2 unspecified atom stereocenters. The van der Waals surface area contributed by atoms with Crippen LogP contribution in [0.1, 0.15) is 30.9 Å². The molecule has 1 heterocycles. The maximum absolute atomic E-state index is 11.0. The summed E-state index contributed by atoms with van der Waals surface area (Å²) in [6.07, 6.45) is 2.23. The Bertz CT molecular complexity index is 505. The molecule has 1 aliphatic heterocycles. The van der Waals surface area contributed by atoms with E-state index in [9.17, 15) is 4.79 Å². The smallest absolute Gasteiger partial charge is 0.320 e. The van der Waals surface area contributed by atoms with Gasteiger partial charge < -0.3 is 19.3 Å². The summed E-state index contributed by atoms with van der Waals surface area (Å²) in [6.45, 7) is 1.19. The molecule has 0 spiro atoms. The number of ether oxygens (including phenoxy) is 3. The van der Waals surface area contributed by atoms with E-state index < -0.39 is 12.0 Å². The van der Waals surface area contributed by atoms with Gasteiger partial charge in [-0.15, -0.1) is 0 Å². The number of carbonyl (C=O) groups is 1. The van der Waals surface area contributed by atoms with Crippen LogP contribution in [0.2, 0.25) is 0 Å². The number of hydrogen-bond acceptors (Lipinski definition) is 5. The highest BCUT2D eigenvalue weighted by Gasteiger charge is 2.30. The van der Waals surface area contributed by atoms with E-state index in [1.165, 1.54) is 0 Å². The molecule has 0 amide bonds. The van der Waals surface area contributed by atoms with E-state index in [1.807, 2.05) is 18.2 Å². The van der Waals surface area contributed by atoms with Crippen LogP contribution in [0, 0.1) is 0 Å². The summed E-state index contributed by atoms with van der Waals surface area (Å²) in [7, 11) is 3.26. The highest BCUT2D eigenvalue weighted by atomic mass is 16.5. The van der Waals surface area contributed by atoms with Crippen LogP contribution in [-0.2, 0) is 9.53 Å². The summed E-state index contributed by atoms with van der Waals surface area (Å²) in [6, 6.07) is 5.29. The summed E-state index contributed by atoms with van der Waals surface area (Å²) in [5.41, 5.74) is 1.02. The number of benzene rings is 1. The van der Waals surface area contributed by atoms with Crippen LogP contribution in [0.3, 0.4) is 0 Å². The first-order chi connectivity index (χ1) is 10.7. The van der Waals surface area contributed by atoms with Crippen molar-refractivity contribution in [3.63, 3.8) is 0 Å². The van der Waals surface area contributed by atoms with Crippen LogP contribution in [0.5, 0.6) is 11.5 Å². The average Bonchev–Trinajstić information content (AvgIpc) is 3.01. The predicted molar refractivity (Wildman–Crippen MR) is 81.5 cm³/mol. The summed E-state index contributed by atoms with van der Waals surface area (Å²) in [5, 5.41) is 12.2. The molecule has 0 bridgehead atoms. The fourth-order valence-corrected chi connectivity index (χ4v) is 2.61. The van der Waals surface area contributed by atoms with Crippen molar-refractivity contribution in [1.29, 1.82) is 0 Å². The van der Waals surface area contributed by atoms with Crippen LogP contribution in [0.25, 0.3) is 0 Å². The Morgan fingerprint density at radius 2 is 2.09 bits per heavy atom. The number of nitrogens with one attached hydrogen (secondary N) is 1. The topological polar surface area (TPSA) is 77.0 Å². The summed E-state index contributed by atoms with van der Waals surface area (Å²) >= 11 is 0. The Hall–Kier alpha value is -1.79. The number of aliphatic carboxylic acids is 1. The molecule has 6 nitrogen and oxygen atoms in total. The van der Waals surface area contributed by atoms with Crippen molar-refractivity contribution in [2.75, 3.05) is 27.4 Å². The second-order valence-electron chi connectivity index (χ2n) is 5.29. The molecule has 1 aromatic carbocycles. The van der Waals surface area contributed by atoms with Crippen molar-refractivity contribution in [3.8, 4) is 11.5 Å². The lowest BCUT2D eigenvalue weighted by Crippen LogP contribution is -2.31. The van der Waals surface area contributed by atoms with E-state index in [1.54, 1.807) is 14.2 Å². The van der Waals surface area contributed by atoms with Crippen molar-refractivity contribution in [2.24, 2.45) is 0 Å². The third-order valence-corrected chi connectivity index (χ3v) is 3.78. The molecule has 22 heavy (non-hydrogen) atoms. The molecule has 1 saturated heterocycles. The van der Waals surface area contributed by atoms with Crippen molar-refractivity contribution >= 4 is 5.97 Å². The van der Waals surface area contributed by atoms with Crippen LogP contribution in [-0.4, -0.2) is 44.6 Å². The van der Waals surface area contributed by atoms with Gasteiger partial charge in [0.15, 0.2) is 11.5 Å². The van der Waals surface area contributed by atoms with E-state index in [0.29, 0.717) is 31.1 Å². The quantitative estimate of drug-likeness (QED) is 0.715. The Labute approximate surface area is 130 Å². The molecule has 0 aliphatic carbocycles. The normalized spacial score (nSPS) is 20.8. The van der Waals surface area contributed by atoms with E-state index >= 15 is 0 Å². The van der Waals surface area contributed by atoms with E-state index in [0.717, 1.165) is 18.4 Å². The van der Waals surface area contributed by atoms with Gasteiger partial charge in [-0.05, 0) is 30.5 Å². The van der Waals surface area contributed by atoms with Gasteiger partial charge in [0.25, 0.3) is 0 Å². The second-order valence-corrected chi connectivity index (χ2v) is 5.29. The lowest BCUT2D eigenvalue weighted by Gasteiger charge is -2.16. The summed E-state index contributed by atoms with van der Waals surface area (Å²) < 4.78 is 16.1. The van der Waals surface area contributed by atoms with Crippen molar-refractivity contribution in [3.05, 3.63) is 23.8 Å². The third-order valence-electron chi connectivity index (χ3n) is 3.78. The van der Waals surface area contributed by atoms with Crippen LogP contribution in [0.4, 0.5) is 0 Å². The first-order valence-electron chi connectivity index (χ1n) is 7.44. The first-order valence-corrected chi connectivity index (χ1v) is 7.44. The van der Waals surface area contributed by atoms with Crippen molar-refractivity contribution in [1.82, 2.24) is 5.32 Å². The zero-order chi connectivity index (χ0) is 15.9. The summed E-state index contributed by atoms with van der Waals surface area (Å²) in [4.78, 5) is 11.0. The molecule has 0 aromatic heterocycles. The Balaban J connectivity index is 2.05. The van der Waals surface area contributed by atoms with Gasteiger partial charge in [0.2, 0.25) is 0 Å². The number of rotatable bonds is 8. The largest absolute Gasteiger partial charge is 0.493 e. The Kier molecular flexibility index (Phi) is 6.03. The average molecular weight is 309 g/mol. The van der Waals surface area contributed by atoms with E-state index in [4.69, 9.17) is 19.3 Å². The van der Waals surface area contributed by atoms with Gasteiger partial charge in [0, 0.05) is 26.2 Å². The van der Waals surface area contributed by atoms with Crippen molar-refractivity contribution in [2.45, 2.75) is 31.3 Å². The van der Waals surface area contributed by atoms with Gasteiger partial charge >= 0.3 is 5.97 Å². The lowest BCUT2D eigenvalue weighted by molar-refractivity contribution is -0.139. The molecule has 122 valence electrons. The minimum atomic E-state index is -0.799. The molecule has 0 radical (unpaired) electrons. The fourth-order valence-electron chi connectivity index (χ4n) is 2.61. The molecule has 0 saturated carbocycles. The van der Waals surface area contributed by atoms with Gasteiger partial charge in [0.1, 0.15) is 6.04 Å². The fraction of sp³-hybridized carbons (Fsp3) is 0.562. The molecular weight excluding hydrogens is 286 g/mol. The number of hydrogen-bond donors (Lipinski definition) is 2. The molecule has 2 rings (SSSR count). The van der Waals surface area contributed by atoms with Gasteiger partial charge in [-0.1, -0.05) is 6.07 Å². The number of carboxylic acid groups (broad SMARTS) is 1. The lowest BCUT2D eigenvalue weighted by atomic mass is 10.0. The van der Waals surface area contributed by atoms with Crippen LogP contribution in [0.15, 0.2) is 18.2 Å². The van der Waals surface area contributed by atoms with Crippen LogP contribution >= 0.6 is 0 Å². The maximum Gasteiger partial charge on any atom is 0.320 e. The molecule has 1 aromatic rings. The SMILES string of the molecule is COCCCOc1cc(C2CCC(C(=O)O)N2)ccc1OC. The monoisotopic (exact) mass is 309 g/mol. The second kappa shape index (κ2) is 8.00. The van der Waals surface area contributed by atoms with E-state index in [2.05, 4.69) is 5.32 Å². The third kappa shape index (κ3) is 4.11. The molecule has 6 heteroatoms. The zero-order valence-corrected chi connectivity index (χ0v) is 13.0. The standard InChI is InChI=1S/C16H23NO5/c1-20-8-3-9-22-15-10-11(4-7-14(15)21-2)12-5-6-13(17-12)16(18)19/h4,7,10,12-13,17H,3,5-6,8-9H2,1-2H3,(H,18,19). The highest BCUT2D eigenvalue weighted by Crippen LogP contribution is 2.34. The van der Waals surface area contributed by atoms with Crippen LogP contribution < -0.4 is 14.8 Å². The number of methoxy groups -OCH3 is 2. The van der Waals surface area contributed by atoms with Gasteiger partial charge in [-0.2, -0.15) is 0 Å². The first kappa shape index (κ1) is 16.6. The Morgan fingerprint density at radius 3 is 2.73 bits per heavy atom. The molecule has 1 aliphatic rings. The van der Waals surface area contributed by atoms with Gasteiger partial charge in [0.05, 0.1) is 13.7 Å². The Morgan fingerprint density at radius 1 is 1.27 bits per heavy atom. The molecule has 2 atom stereocenters. The highest BCUT2D eigenvalue weighted by molar-refractivity contribution is 5.74. The zero-order valence-electron chi connectivity index (χ0n) is 13.0. The maximum atomic E-state index is 11.0. The summed E-state index contributed by atoms with van der Waals surface area (Å²) in [5.74, 6) is 0.553. The van der Waals surface area contributed by atoms with Crippen molar-refractivity contribution < 1.29 is 24.1 Å². The minimum Gasteiger partial charge on any atom is -0.493 e. The molecule has 2 N–H and O–H groups in total. The van der Waals surface area contributed by atoms with Gasteiger partial charge in [-0.3, -0.25) is 10.1 Å². The minimum absolute atomic E-state index is 0.0355. The molecule has 1 fully saturated rings. The molecular formula is C16H23NO5. The predicted octanol–water partition coefficient (Wildman–Crippen LogP) is 1.99. The van der Waals surface area contributed by atoms with E-state index in [-0.39, 0.29) is 6.04 Å². The number of carboxylic acids is 1. The van der Waals surface area contributed by atoms with Gasteiger partial charge in [-0.25, -0.2) is 0 Å².